The minimum Gasteiger partial charge on any atom is -0.395 e. The molecule has 20 heavy (non-hydrogen) atoms. The van der Waals surface area contributed by atoms with Crippen molar-refractivity contribution >= 4 is 17.3 Å². The molecule has 1 aromatic carbocycles. The van der Waals surface area contributed by atoms with Crippen molar-refractivity contribution in [3.05, 3.63) is 23.8 Å². The van der Waals surface area contributed by atoms with Gasteiger partial charge in [0, 0.05) is 30.0 Å². The van der Waals surface area contributed by atoms with Gasteiger partial charge in [0.25, 0.3) is 0 Å². The Morgan fingerprint density at radius 1 is 1.35 bits per heavy atom. The number of fused-ring (bicyclic) bond motifs is 1. The lowest BCUT2D eigenvalue weighted by atomic mass is 10.1. The van der Waals surface area contributed by atoms with Crippen molar-refractivity contribution in [3.8, 4) is 0 Å². The number of rotatable bonds is 7. The van der Waals surface area contributed by atoms with Crippen molar-refractivity contribution in [2.75, 3.05) is 36.5 Å². The van der Waals surface area contributed by atoms with Gasteiger partial charge in [-0.05, 0) is 25.1 Å². The quantitative estimate of drug-likeness (QED) is 0.706. The molecule has 2 rings (SSSR count). The lowest BCUT2D eigenvalue weighted by molar-refractivity contribution is -0.117. The molecule has 0 fully saturated rings. The third-order valence-corrected chi connectivity index (χ3v) is 3.50. The fourth-order valence-corrected chi connectivity index (χ4v) is 2.61. The van der Waals surface area contributed by atoms with E-state index in [1.54, 1.807) is 0 Å². The molecule has 5 heteroatoms. The van der Waals surface area contributed by atoms with Gasteiger partial charge in [0.2, 0.25) is 5.91 Å². The Labute approximate surface area is 120 Å². The zero-order chi connectivity index (χ0) is 14.5. The monoisotopic (exact) mass is 277 g/mol. The topological polar surface area (TPSA) is 64.6 Å². The van der Waals surface area contributed by atoms with E-state index in [2.05, 4.69) is 22.5 Å². The average Bonchev–Trinajstić information content (AvgIpc) is 2.74. The molecule has 1 unspecified atom stereocenters. The highest BCUT2D eigenvalue weighted by Crippen LogP contribution is 2.34. The molecule has 0 spiro atoms. The van der Waals surface area contributed by atoms with E-state index in [0.29, 0.717) is 6.54 Å². The van der Waals surface area contributed by atoms with Crippen LogP contribution in [0.5, 0.6) is 0 Å². The Bertz CT molecular complexity index is 470. The summed E-state index contributed by atoms with van der Waals surface area (Å²) in [6.07, 6.45) is 1.02. The Kier molecular flexibility index (Phi) is 4.98. The van der Waals surface area contributed by atoms with Crippen molar-refractivity contribution in [2.24, 2.45) is 0 Å². The van der Waals surface area contributed by atoms with Crippen LogP contribution in [0, 0.1) is 0 Å². The van der Waals surface area contributed by atoms with Crippen molar-refractivity contribution in [1.82, 2.24) is 5.32 Å². The molecule has 110 valence electrons. The SMILES string of the molecule is CCCN(CCO)c1ccc2c(c1)NC(=O)C2NCC. The number of aliphatic hydroxyl groups excluding tert-OH is 1. The number of carbonyl (C=O) groups is 1. The molecular weight excluding hydrogens is 254 g/mol. The van der Waals surface area contributed by atoms with Gasteiger partial charge in [-0.25, -0.2) is 0 Å². The lowest BCUT2D eigenvalue weighted by Crippen LogP contribution is -2.27. The maximum Gasteiger partial charge on any atom is 0.246 e. The first-order valence-electron chi connectivity index (χ1n) is 7.25. The van der Waals surface area contributed by atoms with Crippen LogP contribution in [0.2, 0.25) is 0 Å². The van der Waals surface area contributed by atoms with Gasteiger partial charge in [-0.3, -0.25) is 4.79 Å². The van der Waals surface area contributed by atoms with Crippen LogP contribution >= 0.6 is 0 Å². The van der Waals surface area contributed by atoms with E-state index in [9.17, 15) is 4.79 Å². The molecule has 0 saturated carbocycles. The van der Waals surface area contributed by atoms with E-state index in [1.807, 2.05) is 25.1 Å². The molecular formula is C15H23N3O2. The fourth-order valence-electron chi connectivity index (χ4n) is 2.61. The molecule has 0 aliphatic carbocycles. The largest absolute Gasteiger partial charge is 0.395 e. The second-order valence-electron chi connectivity index (χ2n) is 4.96. The maximum atomic E-state index is 11.9. The smallest absolute Gasteiger partial charge is 0.246 e. The van der Waals surface area contributed by atoms with Gasteiger partial charge in [-0.15, -0.1) is 0 Å². The molecule has 1 atom stereocenters. The van der Waals surface area contributed by atoms with E-state index in [0.717, 1.165) is 36.4 Å². The van der Waals surface area contributed by atoms with Crippen LogP contribution in [0.4, 0.5) is 11.4 Å². The number of nitrogens with zero attached hydrogens (tertiary/aromatic N) is 1. The van der Waals surface area contributed by atoms with Crippen molar-refractivity contribution in [2.45, 2.75) is 26.3 Å². The summed E-state index contributed by atoms with van der Waals surface area (Å²) in [4.78, 5) is 14.1. The summed E-state index contributed by atoms with van der Waals surface area (Å²) < 4.78 is 0. The molecule has 0 bridgehead atoms. The second-order valence-corrected chi connectivity index (χ2v) is 4.96. The Morgan fingerprint density at radius 3 is 2.80 bits per heavy atom. The Hall–Kier alpha value is -1.59. The zero-order valence-electron chi connectivity index (χ0n) is 12.1. The molecule has 0 aromatic heterocycles. The van der Waals surface area contributed by atoms with Crippen LogP contribution in [-0.4, -0.2) is 37.3 Å². The summed E-state index contributed by atoms with van der Waals surface area (Å²) in [5, 5.41) is 15.3. The Balaban J connectivity index is 2.24. The van der Waals surface area contributed by atoms with Gasteiger partial charge in [0.15, 0.2) is 0 Å². The molecule has 1 amide bonds. The minimum absolute atomic E-state index is 0.00296. The predicted molar refractivity (Wildman–Crippen MR) is 81.1 cm³/mol. The molecule has 5 nitrogen and oxygen atoms in total. The molecule has 0 radical (unpaired) electrons. The van der Waals surface area contributed by atoms with E-state index < -0.39 is 0 Å². The number of carbonyl (C=O) groups excluding carboxylic acids is 1. The molecule has 1 aromatic rings. The van der Waals surface area contributed by atoms with Crippen LogP contribution in [0.3, 0.4) is 0 Å². The van der Waals surface area contributed by atoms with Crippen LogP contribution in [0.15, 0.2) is 18.2 Å². The number of hydrogen-bond donors (Lipinski definition) is 3. The minimum atomic E-state index is -0.249. The van der Waals surface area contributed by atoms with Gasteiger partial charge < -0.3 is 20.6 Å². The third kappa shape index (κ3) is 2.94. The van der Waals surface area contributed by atoms with E-state index in [4.69, 9.17) is 5.11 Å². The third-order valence-electron chi connectivity index (χ3n) is 3.50. The summed E-state index contributed by atoms with van der Waals surface area (Å²) in [5.74, 6) is 0.00296. The molecule has 3 N–H and O–H groups in total. The Morgan fingerprint density at radius 2 is 2.15 bits per heavy atom. The fraction of sp³-hybridized carbons (Fsp3) is 0.533. The number of aliphatic hydroxyl groups is 1. The standard InChI is InChI=1S/C15H23N3O2/c1-3-7-18(8-9-19)11-5-6-12-13(10-11)17-15(20)14(12)16-4-2/h5-6,10,14,16,19H,3-4,7-9H2,1-2H3,(H,17,20). The molecule has 0 saturated heterocycles. The van der Waals surface area contributed by atoms with Crippen LogP contribution in [-0.2, 0) is 4.79 Å². The van der Waals surface area contributed by atoms with Crippen LogP contribution in [0.25, 0.3) is 0 Å². The number of likely N-dealkylation sites (N-methyl/N-ethyl adjacent to an activating group) is 1. The zero-order valence-corrected chi connectivity index (χ0v) is 12.1. The number of anilines is 2. The number of amides is 1. The lowest BCUT2D eigenvalue weighted by Gasteiger charge is -2.24. The summed E-state index contributed by atoms with van der Waals surface area (Å²) in [5.41, 5.74) is 2.91. The number of hydrogen-bond acceptors (Lipinski definition) is 4. The number of nitrogens with one attached hydrogen (secondary N) is 2. The summed E-state index contributed by atoms with van der Waals surface area (Å²) in [6.45, 7) is 6.49. The predicted octanol–water partition coefficient (Wildman–Crippen LogP) is 1.50. The maximum absolute atomic E-state index is 11.9. The summed E-state index contributed by atoms with van der Waals surface area (Å²) in [7, 11) is 0. The van der Waals surface area contributed by atoms with Gasteiger partial charge in [-0.1, -0.05) is 19.9 Å². The first-order valence-corrected chi connectivity index (χ1v) is 7.25. The van der Waals surface area contributed by atoms with Crippen molar-refractivity contribution < 1.29 is 9.90 Å². The highest BCUT2D eigenvalue weighted by Gasteiger charge is 2.29. The van der Waals surface area contributed by atoms with Gasteiger partial charge >= 0.3 is 0 Å². The van der Waals surface area contributed by atoms with E-state index >= 15 is 0 Å². The average molecular weight is 277 g/mol. The first kappa shape index (κ1) is 14.8. The normalized spacial score (nSPS) is 16.9. The second kappa shape index (κ2) is 6.72. The molecule has 1 aliphatic rings. The summed E-state index contributed by atoms with van der Waals surface area (Å²) in [6, 6.07) is 5.77. The van der Waals surface area contributed by atoms with Crippen molar-refractivity contribution in [3.63, 3.8) is 0 Å². The summed E-state index contributed by atoms with van der Waals surface area (Å²) >= 11 is 0. The van der Waals surface area contributed by atoms with Gasteiger partial charge in [0.1, 0.15) is 6.04 Å². The van der Waals surface area contributed by atoms with Gasteiger partial charge in [-0.2, -0.15) is 0 Å². The van der Waals surface area contributed by atoms with E-state index in [-0.39, 0.29) is 18.6 Å². The van der Waals surface area contributed by atoms with E-state index in [1.165, 1.54) is 0 Å². The highest BCUT2D eigenvalue weighted by molar-refractivity contribution is 6.03. The van der Waals surface area contributed by atoms with Crippen LogP contribution in [0.1, 0.15) is 31.9 Å². The first-order chi connectivity index (χ1) is 9.71. The highest BCUT2D eigenvalue weighted by atomic mass is 16.3. The molecule has 1 aliphatic heterocycles. The van der Waals surface area contributed by atoms with Gasteiger partial charge in [0.05, 0.1) is 6.61 Å². The molecule has 1 heterocycles. The van der Waals surface area contributed by atoms with Crippen molar-refractivity contribution in [1.29, 1.82) is 0 Å². The van der Waals surface area contributed by atoms with Crippen LogP contribution < -0.4 is 15.5 Å². The number of benzene rings is 1.